The second kappa shape index (κ2) is 5.93. The number of nitrogens with one attached hydrogen (secondary N) is 1. The van der Waals surface area contributed by atoms with Crippen molar-refractivity contribution < 1.29 is 4.79 Å². The lowest BCUT2D eigenvalue weighted by Gasteiger charge is -2.24. The third kappa shape index (κ3) is 2.97. The molecule has 1 N–H and O–H groups in total. The maximum atomic E-state index is 12.5. The monoisotopic (exact) mass is 301 g/mol. The highest BCUT2D eigenvalue weighted by atomic mass is 32.1. The van der Waals surface area contributed by atoms with Crippen molar-refractivity contribution in [3.8, 4) is 0 Å². The molecular weight excluding hydrogens is 282 g/mol. The van der Waals surface area contributed by atoms with Crippen molar-refractivity contribution in [1.82, 2.24) is 10.2 Å². The van der Waals surface area contributed by atoms with Crippen LogP contribution in [0.15, 0.2) is 24.3 Å². The first-order chi connectivity index (χ1) is 10.1. The lowest BCUT2D eigenvalue weighted by Crippen LogP contribution is -2.24. The highest BCUT2D eigenvalue weighted by Crippen LogP contribution is 2.33. The summed E-state index contributed by atoms with van der Waals surface area (Å²) in [5.41, 5.74) is 2.46. The Bertz CT molecular complexity index is 650. The Labute approximate surface area is 128 Å². The number of aromatic nitrogens is 2. The van der Waals surface area contributed by atoms with Gasteiger partial charge in [0.2, 0.25) is 11.0 Å². The molecule has 0 saturated carbocycles. The summed E-state index contributed by atoms with van der Waals surface area (Å²) < 4.78 is 0. The summed E-state index contributed by atoms with van der Waals surface area (Å²) in [4.78, 5) is 12.5. The molecule has 110 valence electrons. The molecule has 0 bridgehead atoms. The zero-order valence-electron chi connectivity index (χ0n) is 12.3. The van der Waals surface area contributed by atoms with E-state index in [4.69, 9.17) is 0 Å². The number of nitrogens with zero attached hydrogens (tertiary/aromatic N) is 2. The average Bonchev–Trinajstić information content (AvgIpc) is 2.95. The topological polar surface area (TPSA) is 54.9 Å². The van der Waals surface area contributed by atoms with Crippen LogP contribution >= 0.6 is 11.3 Å². The van der Waals surface area contributed by atoms with Crippen LogP contribution < -0.4 is 5.32 Å². The summed E-state index contributed by atoms with van der Waals surface area (Å²) in [5, 5.41) is 12.7. The number of amides is 1. The molecule has 1 aromatic heterocycles. The molecule has 0 fully saturated rings. The Kier molecular flexibility index (Phi) is 4.01. The summed E-state index contributed by atoms with van der Waals surface area (Å²) in [6.07, 6.45) is 3.03. The number of hydrogen-bond acceptors (Lipinski definition) is 4. The molecule has 5 heteroatoms. The standard InChI is InChI=1S/C16H19N3OS/c1-10(2)15-18-19-16(21-15)17-14(20)13-9-5-7-11-6-3-4-8-12(11)13/h3-4,6,8,10,13H,5,7,9H2,1-2H3,(H,17,19,20). The van der Waals surface area contributed by atoms with Gasteiger partial charge in [0, 0.05) is 5.92 Å². The Morgan fingerprint density at radius 1 is 1.33 bits per heavy atom. The number of fused-ring (bicyclic) bond motifs is 1. The number of aryl methyl sites for hydroxylation is 1. The Balaban J connectivity index is 1.77. The van der Waals surface area contributed by atoms with Gasteiger partial charge >= 0.3 is 0 Å². The molecule has 2 aromatic rings. The van der Waals surface area contributed by atoms with Crippen LogP contribution in [0, 0.1) is 0 Å². The van der Waals surface area contributed by atoms with E-state index in [1.807, 2.05) is 12.1 Å². The molecule has 0 aliphatic heterocycles. The van der Waals surface area contributed by atoms with E-state index in [-0.39, 0.29) is 11.8 Å². The SMILES string of the molecule is CC(C)c1nnc(NC(=O)C2CCCc3ccccc32)s1. The molecule has 1 heterocycles. The van der Waals surface area contributed by atoms with E-state index in [1.54, 1.807) is 0 Å². The van der Waals surface area contributed by atoms with Crippen LogP contribution in [0.2, 0.25) is 0 Å². The van der Waals surface area contributed by atoms with Crippen LogP contribution in [0.1, 0.15) is 54.7 Å². The highest BCUT2D eigenvalue weighted by Gasteiger charge is 2.26. The van der Waals surface area contributed by atoms with Crippen LogP contribution in [-0.2, 0) is 11.2 Å². The molecule has 0 saturated heterocycles. The van der Waals surface area contributed by atoms with Crippen molar-refractivity contribution in [2.45, 2.75) is 44.9 Å². The molecule has 1 unspecified atom stereocenters. The second-order valence-corrected chi connectivity index (χ2v) is 6.74. The molecule has 21 heavy (non-hydrogen) atoms. The summed E-state index contributed by atoms with van der Waals surface area (Å²) in [6.45, 7) is 4.15. The number of rotatable bonds is 3. The fraction of sp³-hybridized carbons (Fsp3) is 0.438. The van der Waals surface area contributed by atoms with E-state index in [1.165, 1.54) is 16.9 Å². The predicted molar refractivity (Wildman–Crippen MR) is 84.7 cm³/mol. The minimum atomic E-state index is -0.0682. The van der Waals surface area contributed by atoms with E-state index in [0.29, 0.717) is 11.0 Å². The third-order valence-electron chi connectivity index (χ3n) is 3.85. The maximum Gasteiger partial charge on any atom is 0.233 e. The van der Waals surface area contributed by atoms with Crippen molar-refractivity contribution in [2.24, 2.45) is 0 Å². The fourth-order valence-corrected chi connectivity index (χ4v) is 3.49. The number of carbonyl (C=O) groups is 1. The van der Waals surface area contributed by atoms with Crippen molar-refractivity contribution in [1.29, 1.82) is 0 Å². The zero-order valence-corrected chi connectivity index (χ0v) is 13.1. The molecule has 1 atom stereocenters. The molecule has 0 radical (unpaired) electrons. The molecule has 1 aliphatic rings. The van der Waals surface area contributed by atoms with E-state index in [9.17, 15) is 4.79 Å². The first-order valence-corrected chi connectivity index (χ1v) is 8.19. The van der Waals surface area contributed by atoms with Gasteiger partial charge in [-0.1, -0.05) is 49.4 Å². The van der Waals surface area contributed by atoms with Gasteiger partial charge in [0.1, 0.15) is 5.01 Å². The van der Waals surface area contributed by atoms with Gasteiger partial charge < -0.3 is 0 Å². The van der Waals surface area contributed by atoms with Gasteiger partial charge in [-0.05, 0) is 30.4 Å². The van der Waals surface area contributed by atoms with Gasteiger partial charge in [0.15, 0.2) is 0 Å². The number of anilines is 1. The molecule has 1 amide bonds. The highest BCUT2D eigenvalue weighted by molar-refractivity contribution is 7.15. The van der Waals surface area contributed by atoms with Crippen LogP contribution in [0.3, 0.4) is 0 Å². The first kappa shape index (κ1) is 14.2. The molecule has 1 aliphatic carbocycles. The van der Waals surface area contributed by atoms with Gasteiger partial charge in [-0.25, -0.2) is 0 Å². The van der Waals surface area contributed by atoms with Crippen molar-refractivity contribution >= 4 is 22.4 Å². The van der Waals surface area contributed by atoms with Gasteiger partial charge in [-0.2, -0.15) is 0 Å². The van der Waals surface area contributed by atoms with Gasteiger partial charge in [0.05, 0.1) is 5.92 Å². The molecule has 1 aromatic carbocycles. The molecular formula is C16H19N3OS. The lowest BCUT2D eigenvalue weighted by molar-refractivity contribution is -0.117. The van der Waals surface area contributed by atoms with Crippen LogP contribution in [0.4, 0.5) is 5.13 Å². The smallest absolute Gasteiger partial charge is 0.233 e. The minimum absolute atomic E-state index is 0.0357. The number of carbonyl (C=O) groups excluding carboxylic acids is 1. The van der Waals surface area contributed by atoms with E-state index in [2.05, 4.69) is 41.5 Å². The summed E-state index contributed by atoms with van der Waals surface area (Å²) in [6, 6.07) is 8.24. The van der Waals surface area contributed by atoms with E-state index >= 15 is 0 Å². The average molecular weight is 301 g/mol. The molecule has 4 nitrogen and oxygen atoms in total. The Morgan fingerprint density at radius 3 is 2.90 bits per heavy atom. The number of benzene rings is 1. The summed E-state index contributed by atoms with van der Waals surface area (Å²) in [5.74, 6) is 0.304. The maximum absolute atomic E-state index is 12.5. The third-order valence-corrected chi connectivity index (χ3v) is 4.99. The second-order valence-electron chi connectivity index (χ2n) is 5.73. The fourth-order valence-electron chi connectivity index (χ4n) is 2.74. The van der Waals surface area contributed by atoms with Gasteiger partial charge in [-0.15, -0.1) is 10.2 Å². The number of hydrogen-bond donors (Lipinski definition) is 1. The van der Waals surface area contributed by atoms with Gasteiger partial charge in [0.25, 0.3) is 0 Å². The Hall–Kier alpha value is -1.75. The normalized spacial score (nSPS) is 17.6. The van der Waals surface area contributed by atoms with Gasteiger partial charge in [-0.3, -0.25) is 10.1 Å². The van der Waals surface area contributed by atoms with Crippen LogP contribution in [0.5, 0.6) is 0 Å². The van der Waals surface area contributed by atoms with Crippen molar-refractivity contribution in [2.75, 3.05) is 5.32 Å². The quantitative estimate of drug-likeness (QED) is 0.940. The molecule has 3 rings (SSSR count). The first-order valence-electron chi connectivity index (χ1n) is 7.37. The van der Waals surface area contributed by atoms with Crippen molar-refractivity contribution in [3.05, 3.63) is 40.4 Å². The minimum Gasteiger partial charge on any atom is -0.300 e. The zero-order chi connectivity index (χ0) is 14.8. The molecule has 0 spiro atoms. The van der Waals surface area contributed by atoms with E-state index < -0.39 is 0 Å². The lowest BCUT2D eigenvalue weighted by atomic mass is 9.82. The summed E-state index contributed by atoms with van der Waals surface area (Å²) in [7, 11) is 0. The largest absolute Gasteiger partial charge is 0.300 e. The van der Waals surface area contributed by atoms with Crippen molar-refractivity contribution in [3.63, 3.8) is 0 Å². The van der Waals surface area contributed by atoms with Crippen LogP contribution in [-0.4, -0.2) is 16.1 Å². The summed E-state index contributed by atoms with van der Waals surface area (Å²) >= 11 is 1.46. The Morgan fingerprint density at radius 2 is 2.14 bits per heavy atom. The predicted octanol–water partition coefficient (Wildman–Crippen LogP) is 3.72. The van der Waals surface area contributed by atoms with E-state index in [0.717, 1.165) is 29.8 Å². The van der Waals surface area contributed by atoms with Crippen LogP contribution in [0.25, 0.3) is 0 Å².